The Morgan fingerprint density at radius 1 is 1.24 bits per heavy atom. The lowest BCUT2D eigenvalue weighted by molar-refractivity contribution is -0.132. The molecular weight excluding hydrogens is 447 g/mol. The zero-order valence-electron chi connectivity index (χ0n) is 17.8. The molecule has 0 spiro atoms. The Kier molecular flexibility index (Phi) is 5.85. The molecule has 4 heterocycles. The van der Waals surface area contributed by atoms with Crippen molar-refractivity contribution in [3.8, 4) is 11.1 Å². The van der Waals surface area contributed by atoms with Crippen LogP contribution < -0.4 is 4.90 Å². The Morgan fingerprint density at radius 2 is 2.15 bits per heavy atom. The molecule has 0 bridgehead atoms. The zero-order valence-corrected chi connectivity index (χ0v) is 17.8. The standard InChI is InChI=1S/C22H19FN6O5/c23-19-7-15(29-11-17(33-22(29)31)10-28-6-5-25-27-28)2-3-18(19)14-1-4-20(24-9-14)21-8-16(34-26-21)12-32-13-30/h1-7,9,13,16-17H,8,10-12H2. The molecule has 1 amide bonds. The van der Waals surface area contributed by atoms with E-state index >= 15 is 0 Å². The Bertz CT molecular complexity index is 1220. The molecule has 0 aliphatic carbocycles. The highest BCUT2D eigenvalue weighted by Crippen LogP contribution is 2.29. The lowest BCUT2D eigenvalue weighted by atomic mass is 10.0. The molecule has 11 nitrogen and oxygen atoms in total. The SMILES string of the molecule is O=COCC1CC(c2ccc(-c3ccc(N4CC(Cn5ccnn5)OC4=O)cc3F)cn2)=NO1. The van der Waals surface area contributed by atoms with Crippen molar-refractivity contribution in [2.45, 2.75) is 25.2 Å². The minimum atomic E-state index is -0.542. The van der Waals surface area contributed by atoms with Crippen LogP contribution in [0.5, 0.6) is 0 Å². The third-order valence-corrected chi connectivity index (χ3v) is 5.45. The number of nitrogens with zero attached hydrogens (tertiary/aromatic N) is 6. The number of benzene rings is 1. The van der Waals surface area contributed by atoms with Gasteiger partial charge in [-0.1, -0.05) is 16.4 Å². The van der Waals surface area contributed by atoms with Crippen molar-refractivity contribution in [1.29, 1.82) is 0 Å². The van der Waals surface area contributed by atoms with Gasteiger partial charge in [0.15, 0.2) is 6.10 Å². The van der Waals surface area contributed by atoms with Crippen molar-refractivity contribution in [2.75, 3.05) is 18.1 Å². The van der Waals surface area contributed by atoms with Gasteiger partial charge in [0.2, 0.25) is 0 Å². The Labute approximate surface area is 192 Å². The Hall–Kier alpha value is -4.35. The van der Waals surface area contributed by atoms with Gasteiger partial charge in [-0.2, -0.15) is 0 Å². The van der Waals surface area contributed by atoms with Crippen LogP contribution in [0.4, 0.5) is 14.9 Å². The van der Waals surface area contributed by atoms with Crippen molar-refractivity contribution in [3.63, 3.8) is 0 Å². The topological polar surface area (TPSA) is 121 Å². The minimum absolute atomic E-state index is 0.109. The molecule has 2 aromatic heterocycles. The minimum Gasteiger partial charge on any atom is -0.464 e. The number of anilines is 1. The molecule has 2 aliphatic heterocycles. The number of ether oxygens (including phenoxy) is 2. The Balaban J connectivity index is 1.26. The summed E-state index contributed by atoms with van der Waals surface area (Å²) in [6, 6.07) is 8.02. The van der Waals surface area contributed by atoms with Crippen molar-refractivity contribution in [2.24, 2.45) is 5.16 Å². The van der Waals surface area contributed by atoms with E-state index in [1.165, 1.54) is 11.0 Å². The summed E-state index contributed by atoms with van der Waals surface area (Å²) in [6.07, 6.45) is 3.91. The van der Waals surface area contributed by atoms with Gasteiger partial charge < -0.3 is 14.3 Å². The molecule has 1 fully saturated rings. The van der Waals surface area contributed by atoms with Gasteiger partial charge in [-0.25, -0.2) is 13.9 Å². The van der Waals surface area contributed by atoms with Gasteiger partial charge in [-0.3, -0.25) is 14.7 Å². The van der Waals surface area contributed by atoms with Crippen LogP contribution >= 0.6 is 0 Å². The van der Waals surface area contributed by atoms with Crippen LogP contribution in [0, 0.1) is 5.82 Å². The van der Waals surface area contributed by atoms with Crippen molar-refractivity contribution in [1.82, 2.24) is 20.0 Å². The second-order valence-electron chi connectivity index (χ2n) is 7.74. The molecule has 1 aromatic carbocycles. The highest BCUT2D eigenvalue weighted by atomic mass is 19.1. The van der Waals surface area contributed by atoms with E-state index < -0.39 is 18.0 Å². The first-order chi connectivity index (χ1) is 16.6. The first-order valence-corrected chi connectivity index (χ1v) is 10.5. The van der Waals surface area contributed by atoms with Gasteiger partial charge in [0.05, 0.1) is 30.7 Å². The molecule has 34 heavy (non-hydrogen) atoms. The van der Waals surface area contributed by atoms with Crippen LogP contribution in [-0.2, 0) is 25.7 Å². The van der Waals surface area contributed by atoms with Crippen LogP contribution in [0.1, 0.15) is 12.1 Å². The van der Waals surface area contributed by atoms with Crippen LogP contribution in [0.3, 0.4) is 0 Å². The number of aromatic nitrogens is 4. The lowest BCUT2D eigenvalue weighted by Gasteiger charge is -2.14. The molecular formula is C22H19FN6O5. The van der Waals surface area contributed by atoms with Gasteiger partial charge in [0, 0.05) is 29.9 Å². The molecule has 174 valence electrons. The van der Waals surface area contributed by atoms with E-state index in [-0.39, 0.29) is 19.3 Å². The van der Waals surface area contributed by atoms with E-state index in [0.717, 1.165) is 0 Å². The van der Waals surface area contributed by atoms with E-state index in [4.69, 9.17) is 14.3 Å². The number of carbonyl (C=O) groups is 2. The van der Waals surface area contributed by atoms with E-state index in [1.54, 1.807) is 47.5 Å². The van der Waals surface area contributed by atoms with Crippen LogP contribution in [0.15, 0.2) is 54.1 Å². The number of oxime groups is 1. The fourth-order valence-corrected chi connectivity index (χ4v) is 3.81. The van der Waals surface area contributed by atoms with Crippen LogP contribution in [0.25, 0.3) is 11.1 Å². The number of carbonyl (C=O) groups excluding carboxylic acids is 2. The monoisotopic (exact) mass is 466 g/mol. The van der Waals surface area contributed by atoms with Gasteiger partial charge in [0.25, 0.3) is 6.47 Å². The lowest BCUT2D eigenvalue weighted by Crippen LogP contribution is -2.26. The number of hydrogen-bond acceptors (Lipinski definition) is 9. The quantitative estimate of drug-likeness (QED) is 0.463. The predicted octanol–water partition coefficient (Wildman–Crippen LogP) is 2.17. The summed E-state index contributed by atoms with van der Waals surface area (Å²) in [4.78, 5) is 33.6. The molecule has 2 unspecified atom stereocenters. The average molecular weight is 466 g/mol. The summed E-state index contributed by atoms with van der Waals surface area (Å²) in [7, 11) is 0. The summed E-state index contributed by atoms with van der Waals surface area (Å²) < 4.78 is 26.6. The summed E-state index contributed by atoms with van der Waals surface area (Å²) in [6.45, 7) is 1.11. The largest absolute Gasteiger partial charge is 0.464 e. The second kappa shape index (κ2) is 9.25. The summed E-state index contributed by atoms with van der Waals surface area (Å²) >= 11 is 0. The first-order valence-electron chi connectivity index (χ1n) is 10.5. The van der Waals surface area contributed by atoms with Crippen molar-refractivity contribution in [3.05, 3.63) is 60.4 Å². The number of cyclic esters (lactones) is 1. The average Bonchev–Trinajstić information content (AvgIpc) is 3.60. The fraction of sp³-hybridized carbons (Fsp3) is 0.273. The van der Waals surface area contributed by atoms with Crippen molar-refractivity contribution >= 4 is 24.0 Å². The number of halogens is 1. The van der Waals surface area contributed by atoms with Gasteiger partial charge in [-0.15, -0.1) is 5.10 Å². The van der Waals surface area contributed by atoms with E-state index in [2.05, 4.69) is 20.5 Å². The van der Waals surface area contributed by atoms with Gasteiger partial charge in [0.1, 0.15) is 24.2 Å². The summed E-state index contributed by atoms with van der Waals surface area (Å²) in [5.41, 5.74) is 2.53. The van der Waals surface area contributed by atoms with Gasteiger partial charge in [-0.05, 0) is 24.3 Å². The normalized spacial score (nSPS) is 19.5. The number of pyridine rings is 1. The Morgan fingerprint density at radius 3 is 2.88 bits per heavy atom. The highest BCUT2D eigenvalue weighted by Gasteiger charge is 2.33. The maximum atomic E-state index is 15.0. The molecule has 2 atom stereocenters. The molecule has 5 rings (SSSR count). The molecule has 2 aliphatic rings. The third-order valence-electron chi connectivity index (χ3n) is 5.45. The maximum Gasteiger partial charge on any atom is 0.414 e. The van der Waals surface area contributed by atoms with Crippen LogP contribution in [-0.4, -0.2) is 63.6 Å². The molecule has 0 saturated carbocycles. The molecule has 12 heteroatoms. The smallest absolute Gasteiger partial charge is 0.414 e. The second-order valence-corrected chi connectivity index (χ2v) is 7.74. The maximum absolute atomic E-state index is 15.0. The molecule has 3 aromatic rings. The van der Waals surface area contributed by atoms with E-state index in [0.29, 0.717) is 47.7 Å². The molecule has 1 saturated heterocycles. The molecule has 0 radical (unpaired) electrons. The number of hydrogen-bond donors (Lipinski definition) is 0. The van der Waals surface area contributed by atoms with Crippen molar-refractivity contribution < 1.29 is 28.3 Å². The van der Waals surface area contributed by atoms with Gasteiger partial charge >= 0.3 is 6.09 Å². The fourth-order valence-electron chi connectivity index (χ4n) is 3.81. The summed E-state index contributed by atoms with van der Waals surface area (Å²) in [5.74, 6) is -0.493. The highest BCUT2D eigenvalue weighted by molar-refractivity contribution is 5.99. The van der Waals surface area contributed by atoms with E-state index in [1.807, 2.05) is 0 Å². The molecule has 0 N–H and O–H groups in total. The number of amides is 1. The number of rotatable bonds is 8. The zero-order chi connectivity index (χ0) is 23.5. The summed E-state index contributed by atoms with van der Waals surface area (Å²) in [5, 5.41) is 11.6. The third kappa shape index (κ3) is 4.42. The van der Waals surface area contributed by atoms with Crippen LogP contribution in [0.2, 0.25) is 0 Å². The predicted molar refractivity (Wildman–Crippen MR) is 115 cm³/mol. The first kappa shape index (κ1) is 21.5. The van der Waals surface area contributed by atoms with E-state index in [9.17, 15) is 14.0 Å².